The molecule has 6 heteroatoms. The summed E-state index contributed by atoms with van der Waals surface area (Å²) in [6.45, 7) is 1.41. The van der Waals surface area contributed by atoms with Gasteiger partial charge in [-0.25, -0.2) is 4.98 Å². The lowest BCUT2D eigenvalue weighted by atomic mass is 10.1. The molecule has 0 bridgehead atoms. The summed E-state index contributed by atoms with van der Waals surface area (Å²) >= 11 is 0. The summed E-state index contributed by atoms with van der Waals surface area (Å²) in [5, 5.41) is 12.6. The van der Waals surface area contributed by atoms with Crippen LogP contribution in [0.5, 0.6) is 5.75 Å². The number of aromatic nitrogens is 2. The molecule has 0 unspecified atom stereocenters. The molecule has 2 N–H and O–H groups in total. The molecule has 0 spiro atoms. The van der Waals surface area contributed by atoms with Crippen LogP contribution in [0.2, 0.25) is 0 Å². The van der Waals surface area contributed by atoms with Gasteiger partial charge in [0.2, 0.25) is 11.8 Å². The van der Waals surface area contributed by atoms with Crippen LogP contribution in [0.3, 0.4) is 0 Å². The third-order valence-electron chi connectivity index (χ3n) is 2.74. The molecule has 20 heavy (non-hydrogen) atoms. The van der Waals surface area contributed by atoms with Crippen molar-refractivity contribution in [3.8, 4) is 17.2 Å². The number of benzene rings is 1. The summed E-state index contributed by atoms with van der Waals surface area (Å²) in [5.41, 5.74) is 2.16. The first-order valence-corrected chi connectivity index (χ1v) is 5.95. The molecule has 0 saturated heterocycles. The molecule has 1 amide bonds. The number of hydrogen-bond acceptors (Lipinski definition) is 5. The number of amides is 1. The maximum absolute atomic E-state index is 11.1. The molecule has 0 atom stereocenters. The monoisotopic (exact) mass is 269 g/mol. The zero-order valence-electron chi connectivity index (χ0n) is 10.6. The molecular weight excluding hydrogens is 258 g/mol. The van der Waals surface area contributed by atoms with Gasteiger partial charge in [-0.15, -0.1) is 0 Å². The molecule has 2 heterocycles. The minimum absolute atomic E-state index is 0.0265. The van der Waals surface area contributed by atoms with Crippen LogP contribution in [0.4, 0.5) is 5.69 Å². The second kappa shape index (κ2) is 4.65. The van der Waals surface area contributed by atoms with E-state index in [4.69, 9.17) is 4.42 Å². The van der Waals surface area contributed by atoms with Crippen LogP contribution < -0.4 is 5.32 Å². The smallest absolute Gasteiger partial charge is 0.231 e. The number of fused-ring (bicyclic) bond motifs is 1. The van der Waals surface area contributed by atoms with Gasteiger partial charge in [0.05, 0.1) is 11.8 Å². The fraction of sp³-hybridized carbons (Fsp3) is 0.0714. The van der Waals surface area contributed by atoms with E-state index in [2.05, 4.69) is 15.3 Å². The average Bonchev–Trinajstić information content (AvgIpc) is 2.84. The SMILES string of the molecule is CC(=O)Nc1ccc(O)c(-c2nc3cnccc3o2)c1. The van der Waals surface area contributed by atoms with Gasteiger partial charge in [-0.2, -0.15) is 0 Å². The zero-order valence-corrected chi connectivity index (χ0v) is 10.6. The van der Waals surface area contributed by atoms with Crippen molar-refractivity contribution in [2.24, 2.45) is 0 Å². The molecule has 2 aromatic heterocycles. The Hall–Kier alpha value is -2.89. The molecule has 0 radical (unpaired) electrons. The van der Waals surface area contributed by atoms with E-state index >= 15 is 0 Å². The fourth-order valence-electron chi connectivity index (χ4n) is 1.88. The number of aromatic hydroxyl groups is 1. The minimum atomic E-state index is -0.191. The Bertz CT molecular complexity index is 762. The van der Waals surface area contributed by atoms with Gasteiger partial charge in [0.1, 0.15) is 11.3 Å². The number of carbonyl (C=O) groups excluding carboxylic acids is 1. The maximum Gasteiger partial charge on any atom is 0.231 e. The fourth-order valence-corrected chi connectivity index (χ4v) is 1.88. The number of phenolic OH excluding ortho intramolecular Hbond substituents is 1. The molecule has 0 saturated carbocycles. The van der Waals surface area contributed by atoms with Gasteiger partial charge < -0.3 is 14.8 Å². The van der Waals surface area contributed by atoms with E-state index in [1.54, 1.807) is 30.6 Å². The predicted molar refractivity (Wildman–Crippen MR) is 73.2 cm³/mol. The van der Waals surface area contributed by atoms with Crippen molar-refractivity contribution in [1.82, 2.24) is 9.97 Å². The lowest BCUT2D eigenvalue weighted by Crippen LogP contribution is -2.05. The van der Waals surface area contributed by atoms with Crippen LogP contribution in [0.1, 0.15) is 6.92 Å². The van der Waals surface area contributed by atoms with Crippen molar-refractivity contribution in [2.45, 2.75) is 6.92 Å². The van der Waals surface area contributed by atoms with Crippen LogP contribution in [-0.4, -0.2) is 21.0 Å². The molecule has 100 valence electrons. The number of nitrogens with zero attached hydrogens (tertiary/aromatic N) is 2. The summed E-state index contributed by atoms with van der Waals surface area (Å²) in [7, 11) is 0. The van der Waals surface area contributed by atoms with Crippen LogP contribution in [0.25, 0.3) is 22.6 Å². The quantitative estimate of drug-likeness (QED) is 0.698. The Morgan fingerprint density at radius 3 is 2.95 bits per heavy atom. The number of phenols is 1. The van der Waals surface area contributed by atoms with E-state index in [0.717, 1.165) is 0 Å². The Morgan fingerprint density at radius 1 is 1.35 bits per heavy atom. The van der Waals surface area contributed by atoms with Gasteiger partial charge in [0.15, 0.2) is 5.58 Å². The third-order valence-corrected chi connectivity index (χ3v) is 2.74. The van der Waals surface area contributed by atoms with Gasteiger partial charge in [-0.05, 0) is 18.2 Å². The highest BCUT2D eigenvalue weighted by molar-refractivity contribution is 5.90. The summed E-state index contributed by atoms with van der Waals surface area (Å²) < 4.78 is 5.57. The Balaban J connectivity index is 2.10. The molecule has 0 fully saturated rings. The van der Waals surface area contributed by atoms with Crippen LogP contribution in [0.15, 0.2) is 41.1 Å². The van der Waals surface area contributed by atoms with E-state index in [-0.39, 0.29) is 17.5 Å². The molecule has 6 nitrogen and oxygen atoms in total. The van der Waals surface area contributed by atoms with E-state index < -0.39 is 0 Å². The van der Waals surface area contributed by atoms with Gasteiger partial charge in [-0.3, -0.25) is 9.78 Å². The summed E-state index contributed by atoms with van der Waals surface area (Å²) in [5.74, 6) is 0.111. The van der Waals surface area contributed by atoms with Crippen molar-refractivity contribution in [3.63, 3.8) is 0 Å². The average molecular weight is 269 g/mol. The topological polar surface area (TPSA) is 88.2 Å². The molecule has 0 aliphatic rings. The number of carbonyl (C=O) groups is 1. The number of nitrogens with one attached hydrogen (secondary N) is 1. The maximum atomic E-state index is 11.1. The molecule has 1 aromatic carbocycles. The third kappa shape index (κ3) is 2.18. The standard InChI is InChI=1S/C14H11N3O3/c1-8(18)16-9-2-3-12(19)10(6-9)14-17-11-7-15-5-4-13(11)20-14/h2-7,19H,1H3,(H,16,18). The number of oxazole rings is 1. The van der Waals surface area contributed by atoms with Crippen LogP contribution >= 0.6 is 0 Å². The molecule has 3 aromatic rings. The molecular formula is C14H11N3O3. The van der Waals surface area contributed by atoms with E-state index in [9.17, 15) is 9.90 Å². The number of rotatable bonds is 2. The van der Waals surface area contributed by atoms with Crippen LogP contribution in [-0.2, 0) is 4.79 Å². The number of anilines is 1. The number of hydrogen-bond donors (Lipinski definition) is 2. The first kappa shape index (κ1) is 12.2. The van der Waals surface area contributed by atoms with Gasteiger partial charge in [0.25, 0.3) is 0 Å². The van der Waals surface area contributed by atoms with Crippen molar-refractivity contribution in [2.75, 3.05) is 5.32 Å². The molecule has 3 rings (SSSR count). The predicted octanol–water partition coefficient (Wildman–Crippen LogP) is 2.55. The lowest BCUT2D eigenvalue weighted by molar-refractivity contribution is -0.114. The second-order valence-electron chi connectivity index (χ2n) is 4.28. The molecule has 0 aliphatic carbocycles. The van der Waals surface area contributed by atoms with E-state index in [1.165, 1.54) is 13.0 Å². The summed E-state index contributed by atoms with van der Waals surface area (Å²) in [6, 6.07) is 6.38. The molecule has 0 aliphatic heterocycles. The normalized spacial score (nSPS) is 10.7. The summed E-state index contributed by atoms with van der Waals surface area (Å²) in [6.07, 6.45) is 3.18. The van der Waals surface area contributed by atoms with E-state index in [0.29, 0.717) is 22.4 Å². The van der Waals surface area contributed by atoms with Crippen molar-refractivity contribution < 1.29 is 14.3 Å². The van der Waals surface area contributed by atoms with Gasteiger partial charge >= 0.3 is 0 Å². The highest BCUT2D eigenvalue weighted by Gasteiger charge is 2.13. The van der Waals surface area contributed by atoms with Crippen molar-refractivity contribution >= 4 is 22.7 Å². The Labute approximate surface area is 114 Å². The van der Waals surface area contributed by atoms with E-state index in [1.807, 2.05) is 0 Å². The highest BCUT2D eigenvalue weighted by atomic mass is 16.3. The van der Waals surface area contributed by atoms with Crippen molar-refractivity contribution in [3.05, 3.63) is 36.7 Å². The minimum Gasteiger partial charge on any atom is -0.507 e. The van der Waals surface area contributed by atoms with Gasteiger partial charge in [-0.1, -0.05) is 0 Å². The highest BCUT2D eigenvalue weighted by Crippen LogP contribution is 2.32. The zero-order chi connectivity index (χ0) is 14.1. The Kier molecular flexibility index (Phi) is 2.83. The summed E-state index contributed by atoms with van der Waals surface area (Å²) in [4.78, 5) is 19.3. The second-order valence-corrected chi connectivity index (χ2v) is 4.28. The lowest BCUT2D eigenvalue weighted by Gasteiger charge is -2.05. The number of pyridine rings is 1. The first-order valence-electron chi connectivity index (χ1n) is 5.95. The Morgan fingerprint density at radius 2 is 2.20 bits per heavy atom. The first-order chi connectivity index (χ1) is 9.63. The van der Waals surface area contributed by atoms with Crippen molar-refractivity contribution in [1.29, 1.82) is 0 Å². The van der Waals surface area contributed by atoms with Crippen LogP contribution in [0, 0.1) is 0 Å². The van der Waals surface area contributed by atoms with Gasteiger partial charge in [0, 0.05) is 24.9 Å². The largest absolute Gasteiger partial charge is 0.507 e.